The molecule has 3 rings (SSSR count). The van der Waals surface area contributed by atoms with Gasteiger partial charge in [0.25, 0.3) is 0 Å². The average molecular weight is 303 g/mol. The van der Waals surface area contributed by atoms with Crippen molar-refractivity contribution in [1.82, 2.24) is 10.3 Å². The summed E-state index contributed by atoms with van der Waals surface area (Å²) in [4.78, 5) is 4.54. The molecule has 3 nitrogen and oxygen atoms in total. The van der Waals surface area contributed by atoms with Crippen molar-refractivity contribution < 1.29 is 4.74 Å². The lowest BCUT2D eigenvalue weighted by atomic mass is 10.2. The molecule has 1 N–H and O–H groups in total. The summed E-state index contributed by atoms with van der Waals surface area (Å²) >= 11 is 5.95. The fourth-order valence-electron chi connectivity index (χ4n) is 2.19. The minimum absolute atomic E-state index is 0.619. The number of pyridine rings is 1. The molecule has 0 atom stereocenters. The van der Waals surface area contributed by atoms with Crippen molar-refractivity contribution in [1.29, 1.82) is 0 Å². The Morgan fingerprint density at radius 2 is 2.05 bits per heavy atom. The Morgan fingerprint density at radius 1 is 1.24 bits per heavy atom. The van der Waals surface area contributed by atoms with Gasteiger partial charge >= 0.3 is 0 Å². The highest BCUT2D eigenvalue weighted by Gasteiger charge is 2.20. The number of aromatic nitrogens is 1. The highest BCUT2D eigenvalue weighted by Crippen LogP contribution is 2.27. The van der Waals surface area contributed by atoms with E-state index in [2.05, 4.69) is 16.4 Å². The van der Waals surface area contributed by atoms with Gasteiger partial charge in [0.05, 0.1) is 0 Å². The normalized spacial score (nSPS) is 14.2. The predicted molar refractivity (Wildman–Crippen MR) is 85.1 cm³/mol. The zero-order chi connectivity index (χ0) is 14.8. The molecule has 0 spiro atoms. The molecule has 1 aromatic heterocycles. The van der Waals surface area contributed by atoms with Crippen molar-refractivity contribution >= 4 is 11.6 Å². The third kappa shape index (κ3) is 3.74. The van der Waals surface area contributed by atoms with Gasteiger partial charge in [-0.3, -0.25) is 0 Å². The largest absolute Gasteiger partial charge is 0.439 e. The van der Waals surface area contributed by atoms with E-state index in [1.807, 2.05) is 38.1 Å². The molecule has 1 heterocycles. The van der Waals surface area contributed by atoms with E-state index < -0.39 is 0 Å². The maximum Gasteiger partial charge on any atom is 0.219 e. The van der Waals surface area contributed by atoms with Crippen LogP contribution in [0.1, 0.15) is 29.7 Å². The lowest BCUT2D eigenvalue weighted by Crippen LogP contribution is -2.16. The molecule has 110 valence electrons. The first-order valence-corrected chi connectivity index (χ1v) is 7.63. The van der Waals surface area contributed by atoms with Gasteiger partial charge in [-0.25, -0.2) is 4.98 Å². The van der Waals surface area contributed by atoms with Gasteiger partial charge in [0.1, 0.15) is 5.75 Å². The number of aryl methyl sites for hydroxylation is 2. The van der Waals surface area contributed by atoms with Crippen LogP contribution >= 0.6 is 11.6 Å². The topological polar surface area (TPSA) is 34.1 Å². The summed E-state index contributed by atoms with van der Waals surface area (Å²) in [5.41, 5.74) is 3.23. The first kappa shape index (κ1) is 14.4. The van der Waals surface area contributed by atoms with Gasteiger partial charge in [-0.05, 0) is 56.0 Å². The van der Waals surface area contributed by atoms with Crippen LogP contribution in [0.15, 0.2) is 30.3 Å². The van der Waals surface area contributed by atoms with E-state index in [0.29, 0.717) is 16.9 Å². The number of hydrogen-bond acceptors (Lipinski definition) is 3. The van der Waals surface area contributed by atoms with Gasteiger partial charge in [-0.2, -0.15) is 0 Å². The minimum Gasteiger partial charge on any atom is -0.439 e. The maximum atomic E-state index is 5.95. The molecule has 0 aliphatic heterocycles. The van der Waals surface area contributed by atoms with Crippen LogP contribution in [0.25, 0.3) is 0 Å². The second kappa shape index (κ2) is 6.04. The fraction of sp³-hybridized carbons (Fsp3) is 0.353. The number of hydrogen-bond donors (Lipinski definition) is 1. The summed E-state index contributed by atoms with van der Waals surface area (Å²) in [6.07, 6.45) is 2.59. The first-order valence-electron chi connectivity index (χ1n) is 7.26. The molecule has 1 saturated carbocycles. The van der Waals surface area contributed by atoms with E-state index in [0.717, 1.165) is 23.6 Å². The highest BCUT2D eigenvalue weighted by atomic mass is 35.5. The summed E-state index contributed by atoms with van der Waals surface area (Å²) in [5, 5.41) is 4.22. The Bertz CT molecular complexity index is 653. The van der Waals surface area contributed by atoms with Gasteiger partial charge in [0, 0.05) is 29.4 Å². The Balaban J connectivity index is 1.71. The Hall–Kier alpha value is -1.58. The van der Waals surface area contributed by atoms with Crippen LogP contribution < -0.4 is 10.1 Å². The summed E-state index contributed by atoms with van der Waals surface area (Å²) in [7, 11) is 0. The number of benzene rings is 1. The SMILES string of the molecule is Cc1cc(Cl)ccc1Oc1ccc(CNC2CC2)c(C)n1. The molecule has 1 aliphatic rings. The van der Waals surface area contributed by atoms with Gasteiger partial charge in [0.15, 0.2) is 0 Å². The van der Waals surface area contributed by atoms with E-state index >= 15 is 0 Å². The van der Waals surface area contributed by atoms with Crippen LogP contribution in [0.4, 0.5) is 0 Å². The van der Waals surface area contributed by atoms with Gasteiger partial charge < -0.3 is 10.1 Å². The molecule has 21 heavy (non-hydrogen) atoms. The molecule has 4 heteroatoms. The van der Waals surface area contributed by atoms with Crippen molar-refractivity contribution in [2.24, 2.45) is 0 Å². The van der Waals surface area contributed by atoms with Crippen molar-refractivity contribution in [3.05, 3.63) is 52.2 Å². The molecule has 1 aromatic carbocycles. The van der Waals surface area contributed by atoms with Crippen molar-refractivity contribution in [3.63, 3.8) is 0 Å². The molecular weight excluding hydrogens is 284 g/mol. The van der Waals surface area contributed by atoms with Gasteiger partial charge in [-0.15, -0.1) is 0 Å². The monoisotopic (exact) mass is 302 g/mol. The standard InChI is InChI=1S/C17H19ClN2O/c1-11-9-14(18)4-7-16(11)21-17-8-3-13(12(2)20-17)10-19-15-5-6-15/h3-4,7-9,15,19H,5-6,10H2,1-2H3. The number of ether oxygens (including phenoxy) is 1. The highest BCUT2D eigenvalue weighted by molar-refractivity contribution is 6.30. The van der Waals surface area contributed by atoms with Crippen LogP contribution in [0.5, 0.6) is 11.6 Å². The average Bonchev–Trinajstić information content (AvgIpc) is 3.25. The van der Waals surface area contributed by atoms with Crippen LogP contribution in [0.3, 0.4) is 0 Å². The summed E-state index contributed by atoms with van der Waals surface area (Å²) in [6.45, 7) is 4.87. The number of nitrogens with one attached hydrogen (secondary N) is 1. The van der Waals surface area contributed by atoms with Crippen molar-refractivity contribution in [2.45, 2.75) is 39.3 Å². The summed E-state index contributed by atoms with van der Waals surface area (Å²) < 4.78 is 5.85. The minimum atomic E-state index is 0.619. The molecule has 1 aliphatic carbocycles. The Labute approximate surface area is 130 Å². The zero-order valence-corrected chi connectivity index (χ0v) is 13.1. The second-order valence-corrected chi connectivity index (χ2v) is 6.00. The van der Waals surface area contributed by atoms with E-state index in [1.165, 1.54) is 18.4 Å². The number of nitrogens with zero attached hydrogens (tertiary/aromatic N) is 1. The van der Waals surface area contributed by atoms with Crippen LogP contribution in [-0.2, 0) is 6.54 Å². The van der Waals surface area contributed by atoms with Crippen molar-refractivity contribution in [3.8, 4) is 11.6 Å². The zero-order valence-electron chi connectivity index (χ0n) is 12.3. The number of rotatable bonds is 5. The van der Waals surface area contributed by atoms with Crippen molar-refractivity contribution in [2.75, 3.05) is 0 Å². The third-order valence-corrected chi connectivity index (χ3v) is 3.91. The van der Waals surface area contributed by atoms with Gasteiger partial charge in [-0.1, -0.05) is 17.7 Å². The predicted octanol–water partition coefficient (Wildman–Crippen LogP) is 4.40. The Kier molecular flexibility index (Phi) is 4.13. The lowest BCUT2D eigenvalue weighted by molar-refractivity contribution is 0.457. The molecule has 0 bridgehead atoms. The van der Waals surface area contributed by atoms with E-state index in [4.69, 9.17) is 16.3 Å². The molecule has 0 unspecified atom stereocenters. The van der Waals surface area contributed by atoms with Crippen LogP contribution in [-0.4, -0.2) is 11.0 Å². The summed E-state index contributed by atoms with van der Waals surface area (Å²) in [5.74, 6) is 1.41. The molecule has 0 radical (unpaired) electrons. The second-order valence-electron chi connectivity index (χ2n) is 5.56. The lowest BCUT2D eigenvalue weighted by Gasteiger charge is -2.11. The number of halogens is 1. The van der Waals surface area contributed by atoms with E-state index in [9.17, 15) is 0 Å². The van der Waals surface area contributed by atoms with E-state index in [-0.39, 0.29) is 0 Å². The Morgan fingerprint density at radius 3 is 2.71 bits per heavy atom. The molecular formula is C17H19ClN2O. The first-order chi connectivity index (χ1) is 10.1. The molecule has 1 fully saturated rings. The van der Waals surface area contributed by atoms with Crippen LogP contribution in [0.2, 0.25) is 5.02 Å². The molecule has 0 amide bonds. The molecule has 0 saturated heterocycles. The summed E-state index contributed by atoms with van der Waals surface area (Å²) in [6, 6.07) is 10.3. The van der Waals surface area contributed by atoms with E-state index in [1.54, 1.807) is 0 Å². The smallest absolute Gasteiger partial charge is 0.219 e. The fourth-order valence-corrected chi connectivity index (χ4v) is 2.42. The third-order valence-electron chi connectivity index (χ3n) is 3.68. The quantitative estimate of drug-likeness (QED) is 0.889. The van der Waals surface area contributed by atoms with Crippen LogP contribution in [0, 0.1) is 13.8 Å². The molecule has 2 aromatic rings. The maximum absolute atomic E-state index is 5.95. The van der Waals surface area contributed by atoms with Gasteiger partial charge in [0.2, 0.25) is 5.88 Å².